The maximum Gasteiger partial charge on any atom is 0.479 e. The topological polar surface area (TPSA) is 44.8 Å². The summed E-state index contributed by atoms with van der Waals surface area (Å²) in [6.07, 6.45) is 46.6. The summed E-state index contributed by atoms with van der Waals surface area (Å²) in [5.41, 5.74) is 20.2. The maximum absolute atomic E-state index is 21.6. The third-order valence-electron chi connectivity index (χ3n) is 26.4. The molecular formula is C114H177O4P. The van der Waals surface area contributed by atoms with Crippen molar-refractivity contribution in [2.45, 2.75) is 469 Å². The van der Waals surface area contributed by atoms with Crippen LogP contribution in [0.4, 0.5) is 0 Å². The fourth-order valence-corrected chi connectivity index (χ4v) is 20.8. The van der Waals surface area contributed by atoms with Crippen molar-refractivity contribution in [2.75, 3.05) is 0 Å². The molecule has 119 heavy (non-hydrogen) atoms. The molecule has 0 aliphatic rings. The molecule has 6 rings (SSSR count). The highest BCUT2D eigenvalue weighted by Crippen LogP contribution is 2.70. The zero-order valence-corrected chi connectivity index (χ0v) is 82.1. The van der Waals surface area contributed by atoms with E-state index in [1.807, 2.05) is 0 Å². The predicted octanol–water partition coefficient (Wildman–Crippen LogP) is 36.9. The third-order valence-corrected chi connectivity index (χ3v) is 27.9. The molecule has 0 bridgehead atoms. The lowest BCUT2D eigenvalue weighted by Crippen LogP contribution is -2.42. The zero-order valence-electron chi connectivity index (χ0n) is 81.2. The Labute approximate surface area is 734 Å². The molecule has 6 aromatic rings. The average Bonchev–Trinajstić information content (AvgIpc) is 0.702. The van der Waals surface area contributed by atoms with Crippen LogP contribution in [0.15, 0.2) is 144 Å². The Bertz CT molecular complexity index is 3460. The Kier molecular flexibility index (Phi) is 45.7. The molecule has 0 saturated heterocycles. The minimum Gasteiger partial charge on any atom is -0.266 e. The van der Waals surface area contributed by atoms with Crippen LogP contribution in [0.5, 0.6) is 0 Å². The Morgan fingerprint density at radius 3 is 0.563 bits per heavy atom. The van der Waals surface area contributed by atoms with Gasteiger partial charge in [0.2, 0.25) is 0 Å². The molecule has 5 heteroatoms. The first-order valence-electron chi connectivity index (χ1n) is 49.8. The second kappa shape index (κ2) is 53.1. The minimum atomic E-state index is -5.52. The van der Waals surface area contributed by atoms with Crippen LogP contribution in [0, 0.1) is 0 Å². The summed E-state index contributed by atoms with van der Waals surface area (Å²) in [5, 5.41) is 0. The highest BCUT2D eigenvalue weighted by molar-refractivity contribution is 7.48. The van der Waals surface area contributed by atoms with Crippen molar-refractivity contribution in [3.63, 3.8) is 0 Å². The standard InChI is InChI=1S/C114H177O4P/c1-25-37-46-49-52-55-64-103(34-10)112(106-73-67-91(85(13)14)79-97(106)58-40-28-4,107-74-68-92(86(15)16)80-98(107)59-41-29-5)116-119(115,117-113(104(35-11)65-56-53-50-47-38-26-2,108-75-69-93(87(17)18)81-99(108)60-42-30-6)109-76-70-94(88(19)20)82-100(109)61-43-31-7)118-114(105(36-12)66-57-54-51-48-39-27-3,110-77-71-95(89(21)22)83-101(110)62-44-32-8)111-78-72-96(90(23)24)84-102(111)63-45-33-9/h34-36,67-90H,25-33,37-66H2,1-24H3/b103-34+,104-35+,105-36+. The van der Waals surface area contributed by atoms with Crippen molar-refractivity contribution in [2.24, 2.45) is 0 Å². The number of rotatable bonds is 60. The summed E-state index contributed by atoms with van der Waals surface area (Å²) in [6.45, 7) is 56.1. The lowest BCUT2D eigenvalue weighted by atomic mass is 9.72. The largest absolute Gasteiger partial charge is 0.479 e. The van der Waals surface area contributed by atoms with Crippen LogP contribution >= 0.6 is 7.82 Å². The molecule has 0 spiro atoms. The van der Waals surface area contributed by atoms with Gasteiger partial charge in [-0.1, -0.05) is 408 Å². The van der Waals surface area contributed by atoms with Crippen molar-refractivity contribution >= 4 is 7.82 Å². The van der Waals surface area contributed by atoms with E-state index in [9.17, 15) is 13.6 Å². The van der Waals surface area contributed by atoms with Gasteiger partial charge in [0.15, 0.2) is 16.8 Å². The van der Waals surface area contributed by atoms with Gasteiger partial charge in [-0.15, -0.1) is 0 Å². The summed E-state index contributed by atoms with van der Waals surface area (Å²) in [4.78, 5) is 0. The number of allylic oxidation sites excluding steroid dienone is 3. The van der Waals surface area contributed by atoms with Gasteiger partial charge in [0, 0.05) is 0 Å². The molecule has 0 heterocycles. The number of phosphoric acid groups is 1. The van der Waals surface area contributed by atoms with Gasteiger partial charge in [-0.2, -0.15) is 0 Å². The summed E-state index contributed by atoms with van der Waals surface area (Å²) < 4.78 is 50.2. The van der Waals surface area contributed by atoms with E-state index in [2.05, 4.69) is 294 Å². The molecule has 662 valence electrons. The van der Waals surface area contributed by atoms with E-state index < -0.39 is 24.6 Å². The Morgan fingerprint density at radius 2 is 0.412 bits per heavy atom. The average molecular weight is 1640 g/mol. The van der Waals surface area contributed by atoms with Crippen molar-refractivity contribution in [1.29, 1.82) is 0 Å². The monoisotopic (exact) mass is 1640 g/mol. The minimum absolute atomic E-state index is 0.256. The molecule has 0 N–H and O–H groups in total. The van der Waals surface area contributed by atoms with E-state index in [1.54, 1.807) is 0 Å². The molecule has 0 aliphatic carbocycles. The summed E-state index contributed by atoms with van der Waals surface area (Å²) in [7, 11) is -5.52. The van der Waals surface area contributed by atoms with Crippen LogP contribution in [-0.4, -0.2) is 0 Å². The molecular weight excluding hydrogens is 1460 g/mol. The van der Waals surface area contributed by atoms with Crippen LogP contribution < -0.4 is 0 Å². The van der Waals surface area contributed by atoms with E-state index in [4.69, 9.17) is 0 Å². The molecule has 0 aliphatic heterocycles. The number of hydrogen-bond acceptors (Lipinski definition) is 4. The van der Waals surface area contributed by atoms with E-state index in [1.165, 1.54) is 125 Å². The SMILES string of the molecule is C/C=C(\CCCCCCCC)C(OP(=O)(OC(/C(=C/C)CCCCCCCC)(c1ccc(C(C)C)cc1CCCC)c1ccc(C(C)C)cc1CCCC)OC(/C(=C/C)CCCCCCCC)(c1ccc(C(C)C)cc1CCCC)c1ccc(C(C)C)cc1CCCC)(c1ccc(C(C)C)cc1CCCC)c1ccc(C(C)C)cc1CCCC. The van der Waals surface area contributed by atoms with Gasteiger partial charge in [-0.05, 0) is 289 Å². The summed E-state index contributed by atoms with van der Waals surface area (Å²) >= 11 is 0. The van der Waals surface area contributed by atoms with Crippen LogP contribution in [0.1, 0.15) is 514 Å². The van der Waals surface area contributed by atoms with Gasteiger partial charge < -0.3 is 0 Å². The van der Waals surface area contributed by atoms with E-state index >= 15 is 4.57 Å². The van der Waals surface area contributed by atoms with Gasteiger partial charge >= 0.3 is 7.82 Å². The summed E-state index contributed by atoms with van der Waals surface area (Å²) in [6, 6.07) is 44.5. The number of unbranched alkanes of at least 4 members (excludes halogenated alkanes) is 21. The fourth-order valence-electron chi connectivity index (χ4n) is 18.7. The molecule has 6 aromatic carbocycles. The molecule has 0 aromatic heterocycles. The highest BCUT2D eigenvalue weighted by atomic mass is 31.2. The van der Waals surface area contributed by atoms with E-state index in [-0.39, 0.29) is 35.5 Å². The maximum atomic E-state index is 21.6. The van der Waals surface area contributed by atoms with Crippen molar-refractivity contribution in [3.8, 4) is 0 Å². The molecule has 0 unspecified atom stereocenters. The van der Waals surface area contributed by atoms with E-state index in [0.717, 1.165) is 243 Å². The molecule has 0 atom stereocenters. The van der Waals surface area contributed by atoms with Crippen molar-refractivity contribution in [3.05, 3.63) is 244 Å². The molecule has 0 fully saturated rings. The smallest absolute Gasteiger partial charge is 0.266 e. The van der Waals surface area contributed by atoms with Gasteiger partial charge in [0.05, 0.1) is 0 Å². The van der Waals surface area contributed by atoms with E-state index in [0.29, 0.717) is 0 Å². The highest BCUT2D eigenvalue weighted by Gasteiger charge is 2.59. The summed E-state index contributed by atoms with van der Waals surface area (Å²) in [5.74, 6) is 1.53. The van der Waals surface area contributed by atoms with Gasteiger partial charge in [0.1, 0.15) is 0 Å². The lowest BCUT2D eigenvalue weighted by molar-refractivity contribution is -0.0190. The molecule has 0 saturated carbocycles. The molecule has 4 nitrogen and oxygen atoms in total. The van der Waals surface area contributed by atoms with Crippen LogP contribution in [0.2, 0.25) is 0 Å². The van der Waals surface area contributed by atoms with Gasteiger partial charge in [-0.25, -0.2) is 4.57 Å². The molecule has 0 amide bonds. The fraction of sp³-hybridized carbons (Fsp3) is 0.632. The Morgan fingerprint density at radius 1 is 0.252 bits per heavy atom. The predicted molar refractivity (Wildman–Crippen MR) is 523 cm³/mol. The Balaban J connectivity index is 2.24. The normalized spacial score (nSPS) is 13.1. The van der Waals surface area contributed by atoms with Gasteiger partial charge in [0.25, 0.3) is 0 Å². The van der Waals surface area contributed by atoms with Crippen LogP contribution in [0.3, 0.4) is 0 Å². The molecule has 0 radical (unpaired) electrons. The first-order chi connectivity index (χ1) is 57.3. The number of phosphoric ester groups is 1. The second-order valence-corrected chi connectivity index (χ2v) is 39.3. The quantitative estimate of drug-likeness (QED) is 0.0217. The van der Waals surface area contributed by atoms with Gasteiger partial charge in [-0.3, -0.25) is 13.6 Å². The first-order valence-corrected chi connectivity index (χ1v) is 51.3. The Hall–Kier alpha value is -5.35. The van der Waals surface area contributed by atoms with Crippen molar-refractivity contribution in [1.82, 2.24) is 0 Å². The lowest BCUT2D eigenvalue weighted by Gasteiger charge is -2.49. The van der Waals surface area contributed by atoms with Crippen LogP contribution in [0.25, 0.3) is 0 Å². The second-order valence-electron chi connectivity index (χ2n) is 37.8. The van der Waals surface area contributed by atoms with Crippen LogP contribution in [-0.2, 0) is 73.5 Å². The van der Waals surface area contributed by atoms with Crippen molar-refractivity contribution < 1.29 is 18.1 Å². The third kappa shape index (κ3) is 27.8. The number of hydrogen-bond donors (Lipinski definition) is 0. The number of benzene rings is 6. The first kappa shape index (κ1) is 102. The number of aryl methyl sites for hydroxylation is 6. The zero-order chi connectivity index (χ0) is 87.1.